The van der Waals surface area contributed by atoms with Gasteiger partial charge in [-0.1, -0.05) is 84.9 Å². The number of benzene rings is 3. The summed E-state index contributed by atoms with van der Waals surface area (Å²) in [7, 11) is 0. The maximum absolute atomic E-state index is 12.6. The maximum Gasteiger partial charge on any atom is 0.431 e. The molecule has 4 rings (SSSR count). The zero-order valence-electron chi connectivity index (χ0n) is 24.3. The van der Waals surface area contributed by atoms with Gasteiger partial charge in [-0.25, -0.2) is 4.79 Å². The topological polar surface area (TPSA) is 120 Å². The molecule has 0 bridgehead atoms. The fraction of sp³-hybridized carbons (Fsp3) is 0.364. The summed E-state index contributed by atoms with van der Waals surface area (Å²) >= 11 is 1.53. The van der Waals surface area contributed by atoms with E-state index in [1.54, 1.807) is 20.8 Å². The normalized spacial score (nSPS) is 14.1. The molecule has 222 valence electrons. The first-order valence-electron chi connectivity index (χ1n) is 14.1. The van der Waals surface area contributed by atoms with E-state index in [9.17, 15) is 14.4 Å². The van der Waals surface area contributed by atoms with Crippen molar-refractivity contribution in [3.63, 3.8) is 0 Å². The number of nitrogens with one attached hydrogen (secondary N) is 2. The maximum atomic E-state index is 12.6. The standard InChI is InChI=1S/C33H39N3O5S/c1-32(2,3)41-31(39)36-40-21-29(37)35-28(30(34)38)22-42-33(25-10-6-4-7-11-25,26-12-8-5-9-13-26)27-18-16-24(17-19-27)20-23-14-15-23/h4-13,16-19,23,28H,14-15,20-22H2,1-3H3,(H2,34,38)(H,35,37)(H,36,39). The van der Waals surface area contributed by atoms with Crippen LogP contribution in [0.5, 0.6) is 0 Å². The van der Waals surface area contributed by atoms with Crippen LogP contribution in [0.3, 0.4) is 0 Å². The van der Waals surface area contributed by atoms with Gasteiger partial charge in [-0.15, -0.1) is 11.8 Å². The van der Waals surface area contributed by atoms with Crippen molar-refractivity contribution in [1.29, 1.82) is 0 Å². The van der Waals surface area contributed by atoms with Gasteiger partial charge in [0.1, 0.15) is 11.6 Å². The molecule has 0 aliphatic heterocycles. The van der Waals surface area contributed by atoms with Crippen molar-refractivity contribution >= 4 is 29.7 Å². The lowest BCUT2D eigenvalue weighted by Gasteiger charge is -2.36. The quantitative estimate of drug-likeness (QED) is 0.189. The smallest absolute Gasteiger partial charge is 0.431 e. The van der Waals surface area contributed by atoms with Crippen LogP contribution in [0.15, 0.2) is 84.9 Å². The lowest BCUT2D eigenvalue weighted by atomic mass is 9.83. The largest absolute Gasteiger partial charge is 0.442 e. The Hall–Kier alpha value is -3.82. The van der Waals surface area contributed by atoms with E-state index in [-0.39, 0.29) is 5.75 Å². The van der Waals surface area contributed by atoms with E-state index in [0.717, 1.165) is 29.0 Å². The van der Waals surface area contributed by atoms with Gasteiger partial charge in [-0.05, 0) is 68.2 Å². The minimum absolute atomic E-state index is 0.189. The predicted molar refractivity (Wildman–Crippen MR) is 165 cm³/mol. The zero-order valence-corrected chi connectivity index (χ0v) is 25.1. The van der Waals surface area contributed by atoms with Crippen molar-refractivity contribution < 1.29 is 24.0 Å². The van der Waals surface area contributed by atoms with E-state index in [2.05, 4.69) is 59.3 Å². The summed E-state index contributed by atoms with van der Waals surface area (Å²) in [6.45, 7) is 4.62. The fourth-order valence-electron chi connectivity index (χ4n) is 4.73. The SMILES string of the molecule is CC(C)(C)OC(=O)NOCC(=O)NC(CSC(c1ccccc1)(c1ccccc1)c1ccc(CC2CC2)cc1)C(N)=O. The molecule has 0 heterocycles. The monoisotopic (exact) mass is 589 g/mol. The van der Waals surface area contributed by atoms with Gasteiger partial charge in [0.05, 0.1) is 4.75 Å². The number of primary amides is 1. The number of hydrogen-bond donors (Lipinski definition) is 3. The second kappa shape index (κ2) is 13.9. The molecular formula is C33H39N3O5S. The van der Waals surface area contributed by atoms with Gasteiger partial charge in [0, 0.05) is 5.75 Å². The van der Waals surface area contributed by atoms with Gasteiger partial charge in [-0.2, -0.15) is 5.48 Å². The molecule has 1 aliphatic carbocycles. The van der Waals surface area contributed by atoms with Crippen LogP contribution in [0.2, 0.25) is 0 Å². The number of amides is 3. The van der Waals surface area contributed by atoms with Crippen LogP contribution in [0.25, 0.3) is 0 Å². The molecule has 42 heavy (non-hydrogen) atoms. The summed E-state index contributed by atoms with van der Waals surface area (Å²) < 4.78 is 4.40. The lowest BCUT2D eigenvalue weighted by Crippen LogP contribution is -2.48. The molecule has 1 atom stereocenters. The highest BCUT2D eigenvalue weighted by atomic mass is 32.2. The third-order valence-corrected chi connectivity index (χ3v) is 8.49. The number of carbonyl (C=O) groups is 3. The van der Waals surface area contributed by atoms with Crippen molar-refractivity contribution in [3.8, 4) is 0 Å². The molecule has 0 radical (unpaired) electrons. The molecule has 1 aliphatic rings. The van der Waals surface area contributed by atoms with Gasteiger partial charge in [0.2, 0.25) is 11.8 Å². The summed E-state index contributed by atoms with van der Waals surface area (Å²) in [5.74, 6) is -0.314. The van der Waals surface area contributed by atoms with Crippen molar-refractivity contribution in [1.82, 2.24) is 10.8 Å². The van der Waals surface area contributed by atoms with E-state index in [0.29, 0.717) is 0 Å². The summed E-state index contributed by atoms with van der Waals surface area (Å²) in [4.78, 5) is 41.9. The number of thioether (sulfide) groups is 1. The molecule has 1 saturated carbocycles. The Kier molecular flexibility index (Phi) is 10.3. The Morgan fingerprint density at radius 2 is 1.43 bits per heavy atom. The van der Waals surface area contributed by atoms with Gasteiger partial charge < -0.3 is 15.8 Å². The number of ether oxygens (including phenoxy) is 1. The Morgan fingerprint density at radius 1 is 0.881 bits per heavy atom. The average Bonchev–Trinajstić information content (AvgIpc) is 3.77. The molecule has 1 fully saturated rings. The van der Waals surface area contributed by atoms with Crippen LogP contribution in [-0.4, -0.2) is 41.9 Å². The molecule has 3 aromatic rings. The Labute approximate surface area is 251 Å². The van der Waals surface area contributed by atoms with E-state index in [1.807, 2.05) is 36.4 Å². The number of hydrogen-bond acceptors (Lipinski definition) is 6. The Morgan fingerprint density at radius 3 is 1.93 bits per heavy atom. The van der Waals surface area contributed by atoms with Crippen molar-refractivity contribution in [2.75, 3.05) is 12.4 Å². The lowest BCUT2D eigenvalue weighted by molar-refractivity contribution is -0.131. The van der Waals surface area contributed by atoms with Crippen molar-refractivity contribution in [2.24, 2.45) is 11.7 Å². The number of carbonyl (C=O) groups excluding carboxylic acids is 3. The molecule has 3 aromatic carbocycles. The van der Waals surface area contributed by atoms with Crippen LogP contribution >= 0.6 is 11.8 Å². The van der Waals surface area contributed by atoms with Crippen LogP contribution in [-0.2, 0) is 30.3 Å². The molecule has 0 aromatic heterocycles. The molecular weight excluding hydrogens is 550 g/mol. The highest BCUT2D eigenvalue weighted by Gasteiger charge is 2.38. The van der Waals surface area contributed by atoms with Crippen molar-refractivity contribution in [3.05, 3.63) is 107 Å². The summed E-state index contributed by atoms with van der Waals surface area (Å²) in [5.41, 5.74) is 11.5. The third kappa shape index (κ3) is 8.59. The van der Waals surface area contributed by atoms with Crippen LogP contribution in [0.1, 0.15) is 55.9 Å². The molecule has 1 unspecified atom stereocenters. The zero-order chi connectivity index (χ0) is 30.2. The summed E-state index contributed by atoms with van der Waals surface area (Å²) in [6, 6.07) is 28.0. The first kappa shape index (κ1) is 31.1. The van der Waals surface area contributed by atoms with Crippen LogP contribution < -0.4 is 16.5 Å². The van der Waals surface area contributed by atoms with E-state index < -0.39 is 40.9 Å². The van der Waals surface area contributed by atoms with Crippen LogP contribution in [0.4, 0.5) is 4.79 Å². The first-order chi connectivity index (χ1) is 20.1. The van der Waals surface area contributed by atoms with Gasteiger partial charge in [-0.3, -0.25) is 14.4 Å². The van der Waals surface area contributed by atoms with Gasteiger partial charge in [0.15, 0.2) is 6.61 Å². The first-order valence-corrected chi connectivity index (χ1v) is 15.1. The fourth-order valence-corrected chi connectivity index (χ4v) is 6.30. The highest BCUT2D eigenvalue weighted by molar-refractivity contribution is 8.00. The third-order valence-electron chi connectivity index (χ3n) is 6.85. The minimum Gasteiger partial charge on any atom is -0.442 e. The van der Waals surface area contributed by atoms with Crippen LogP contribution in [0, 0.1) is 5.92 Å². The van der Waals surface area contributed by atoms with Crippen molar-refractivity contribution in [2.45, 2.75) is 56.4 Å². The van der Waals surface area contributed by atoms with E-state index in [4.69, 9.17) is 15.3 Å². The average molecular weight is 590 g/mol. The van der Waals surface area contributed by atoms with Gasteiger partial charge >= 0.3 is 6.09 Å². The van der Waals surface area contributed by atoms with E-state index >= 15 is 0 Å². The molecule has 0 spiro atoms. The number of hydroxylamine groups is 1. The van der Waals surface area contributed by atoms with E-state index in [1.165, 1.54) is 30.2 Å². The molecule has 4 N–H and O–H groups in total. The Balaban J connectivity index is 1.56. The molecule has 9 heteroatoms. The van der Waals surface area contributed by atoms with Gasteiger partial charge in [0.25, 0.3) is 0 Å². The predicted octanol–water partition coefficient (Wildman–Crippen LogP) is 5.09. The minimum atomic E-state index is -0.992. The second-order valence-electron chi connectivity index (χ2n) is 11.5. The molecule has 0 saturated heterocycles. The number of rotatable bonds is 13. The summed E-state index contributed by atoms with van der Waals surface area (Å²) in [6.07, 6.45) is 2.84. The molecule has 3 amide bonds. The second-order valence-corrected chi connectivity index (χ2v) is 12.7. The molecule has 8 nitrogen and oxygen atoms in total. The highest BCUT2D eigenvalue weighted by Crippen LogP contribution is 2.49. The summed E-state index contributed by atoms with van der Waals surface area (Å²) in [5, 5.41) is 2.65. The number of nitrogens with two attached hydrogens (primary N) is 1. The Bertz CT molecular complexity index is 1300.